The largest absolute Gasteiger partial charge is 0.495 e. The van der Waals surface area contributed by atoms with Gasteiger partial charge in [-0.15, -0.1) is 0 Å². The first-order chi connectivity index (χ1) is 10.4. The van der Waals surface area contributed by atoms with Crippen LogP contribution in [0.1, 0.15) is 15.9 Å². The van der Waals surface area contributed by atoms with Crippen molar-refractivity contribution in [2.75, 3.05) is 31.4 Å². The Morgan fingerprint density at radius 2 is 1.95 bits per heavy atom. The molecule has 0 saturated carbocycles. The van der Waals surface area contributed by atoms with Gasteiger partial charge in [0.15, 0.2) is 0 Å². The van der Waals surface area contributed by atoms with Crippen molar-refractivity contribution in [2.24, 2.45) is 0 Å². The number of hydrogen-bond acceptors (Lipinski definition) is 3. The normalized spacial score (nSPS) is 10.2. The number of halogens is 1. The number of carbonyl (C=O) groups is 1. The maximum absolute atomic E-state index is 12.4. The summed E-state index contributed by atoms with van der Waals surface area (Å²) in [4.78, 5) is 14.4. The van der Waals surface area contributed by atoms with Crippen LogP contribution in [-0.4, -0.2) is 27.1 Å². The molecule has 0 radical (unpaired) electrons. The highest BCUT2D eigenvalue weighted by molar-refractivity contribution is 6.31. The van der Waals surface area contributed by atoms with E-state index >= 15 is 0 Å². The van der Waals surface area contributed by atoms with Gasteiger partial charge in [0.1, 0.15) is 5.75 Å². The number of aryl methyl sites for hydroxylation is 1. The second-order valence-corrected chi connectivity index (χ2v) is 5.61. The maximum atomic E-state index is 12.4. The van der Waals surface area contributed by atoms with Gasteiger partial charge in [-0.25, -0.2) is 0 Å². The van der Waals surface area contributed by atoms with Gasteiger partial charge in [-0.3, -0.25) is 4.79 Å². The fraction of sp³-hybridized carbons (Fsp3) is 0.235. The molecule has 5 heteroatoms. The predicted molar refractivity (Wildman–Crippen MR) is 91.5 cm³/mol. The number of nitrogens with one attached hydrogen (secondary N) is 1. The van der Waals surface area contributed by atoms with Gasteiger partial charge in [-0.1, -0.05) is 17.7 Å². The summed E-state index contributed by atoms with van der Waals surface area (Å²) in [5, 5.41) is 3.47. The van der Waals surface area contributed by atoms with E-state index in [0.29, 0.717) is 22.0 Å². The SMILES string of the molecule is COc1cc(Cl)c(C)cc1NC(=O)c1cccc(N(C)C)c1. The van der Waals surface area contributed by atoms with Gasteiger partial charge in [-0.05, 0) is 36.8 Å². The van der Waals surface area contributed by atoms with Crippen molar-refractivity contribution in [1.29, 1.82) is 0 Å². The Labute approximate surface area is 135 Å². The molecular weight excluding hydrogens is 300 g/mol. The molecule has 0 unspecified atom stereocenters. The van der Waals surface area contributed by atoms with Crippen LogP contribution in [0.5, 0.6) is 5.75 Å². The first kappa shape index (κ1) is 16.2. The van der Waals surface area contributed by atoms with Crippen molar-refractivity contribution >= 4 is 28.9 Å². The highest BCUT2D eigenvalue weighted by Gasteiger charge is 2.12. The first-order valence-corrected chi connectivity index (χ1v) is 7.23. The second kappa shape index (κ2) is 6.71. The third kappa shape index (κ3) is 3.52. The van der Waals surface area contributed by atoms with E-state index in [4.69, 9.17) is 16.3 Å². The summed E-state index contributed by atoms with van der Waals surface area (Å²) in [5.74, 6) is 0.344. The molecule has 1 amide bonds. The molecule has 4 nitrogen and oxygen atoms in total. The minimum Gasteiger partial charge on any atom is -0.495 e. The van der Waals surface area contributed by atoms with Gasteiger partial charge in [-0.2, -0.15) is 0 Å². The van der Waals surface area contributed by atoms with Crippen LogP contribution in [0.25, 0.3) is 0 Å². The van der Waals surface area contributed by atoms with Gasteiger partial charge < -0.3 is 15.0 Å². The molecule has 0 aliphatic carbocycles. The summed E-state index contributed by atoms with van der Waals surface area (Å²) in [5.41, 5.74) is 3.03. The Bertz CT molecular complexity index is 699. The number of methoxy groups -OCH3 is 1. The lowest BCUT2D eigenvalue weighted by atomic mass is 10.1. The fourth-order valence-corrected chi connectivity index (χ4v) is 2.20. The lowest BCUT2D eigenvalue weighted by molar-refractivity contribution is 0.102. The molecule has 0 atom stereocenters. The van der Waals surface area contributed by atoms with E-state index in [1.54, 1.807) is 25.3 Å². The van der Waals surface area contributed by atoms with Gasteiger partial charge in [0.25, 0.3) is 5.91 Å². The average Bonchev–Trinajstić information content (AvgIpc) is 2.50. The van der Waals surface area contributed by atoms with Crippen molar-refractivity contribution in [3.8, 4) is 5.75 Å². The van der Waals surface area contributed by atoms with E-state index in [1.807, 2.05) is 44.1 Å². The number of carbonyl (C=O) groups excluding carboxylic acids is 1. The molecule has 116 valence electrons. The monoisotopic (exact) mass is 318 g/mol. The lowest BCUT2D eigenvalue weighted by Crippen LogP contribution is -2.14. The van der Waals surface area contributed by atoms with Crippen LogP contribution in [0.3, 0.4) is 0 Å². The molecule has 0 bridgehead atoms. The summed E-state index contributed by atoms with van der Waals surface area (Å²) < 4.78 is 5.27. The lowest BCUT2D eigenvalue weighted by Gasteiger charge is -2.15. The Morgan fingerprint density at radius 3 is 2.59 bits per heavy atom. The summed E-state index contributed by atoms with van der Waals surface area (Å²) >= 11 is 6.08. The molecule has 2 aromatic carbocycles. The average molecular weight is 319 g/mol. The minimum absolute atomic E-state index is 0.191. The van der Waals surface area contributed by atoms with E-state index in [1.165, 1.54) is 0 Å². The molecule has 0 aliphatic heterocycles. The predicted octanol–water partition coefficient (Wildman–Crippen LogP) is 3.98. The van der Waals surface area contributed by atoms with Gasteiger partial charge in [0.2, 0.25) is 0 Å². The molecule has 0 fully saturated rings. The zero-order valence-corrected chi connectivity index (χ0v) is 13.9. The van der Waals surface area contributed by atoms with Crippen LogP contribution < -0.4 is 15.0 Å². The standard InChI is InChI=1S/C17H19ClN2O2/c1-11-8-15(16(22-4)10-14(11)18)19-17(21)12-6-5-7-13(9-12)20(2)3/h5-10H,1-4H3,(H,19,21). The zero-order chi connectivity index (χ0) is 16.3. The van der Waals surface area contributed by atoms with Crippen LogP contribution in [0.15, 0.2) is 36.4 Å². The van der Waals surface area contributed by atoms with Crippen LogP contribution in [0, 0.1) is 6.92 Å². The third-order valence-electron chi connectivity index (χ3n) is 3.35. The van der Waals surface area contributed by atoms with E-state index in [-0.39, 0.29) is 5.91 Å². The fourth-order valence-electron chi connectivity index (χ4n) is 2.05. The highest BCUT2D eigenvalue weighted by Crippen LogP contribution is 2.31. The summed E-state index contributed by atoms with van der Waals surface area (Å²) in [6.07, 6.45) is 0. The smallest absolute Gasteiger partial charge is 0.255 e. The Morgan fingerprint density at radius 1 is 1.23 bits per heavy atom. The number of ether oxygens (including phenoxy) is 1. The van der Waals surface area contributed by atoms with Crippen LogP contribution in [-0.2, 0) is 0 Å². The zero-order valence-electron chi connectivity index (χ0n) is 13.1. The van der Waals surface area contributed by atoms with Gasteiger partial charge >= 0.3 is 0 Å². The van der Waals surface area contributed by atoms with Crippen molar-refractivity contribution in [2.45, 2.75) is 6.92 Å². The van der Waals surface area contributed by atoms with Crippen molar-refractivity contribution < 1.29 is 9.53 Å². The molecule has 1 N–H and O–H groups in total. The molecule has 2 aromatic rings. The Balaban J connectivity index is 2.29. The summed E-state index contributed by atoms with van der Waals surface area (Å²) in [7, 11) is 5.41. The number of nitrogens with zero attached hydrogens (tertiary/aromatic N) is 1. The van der Waals surface area contributed by atoms with Gasteiger partial charge in [0, 0.05) is 36.4 Å². The molecule has 0 spiro atoms. The maximum Gasteiger partial charge on any atom is 0.255 e. The highest BCUT2D eigenvalue weighted by atomic mass is 35.5. The number of hydrogen-bond donors (Lipinski definition) is 1. The second-order valence-electron chi connectivity index (χ2n) is 5.20. The van der Waals surface area contributed by atoms with Gasteiger partial charge in [0.05, 0.1) is 12.8 Å². The van der Waals surface area contributed by atoms with Crippen molar-refractivity contribution in [3.05, 3.63) is 52.5 Å². The minimum atomic E-state index is -0.191. The molecule has 0 saturated heterocycles. The van der Waals surface area contributed by atoms with Crippen molar-refractivity contribution in [1.82, 2.24) is 0 Å². The quantitative estimate of drug-likeness (QED) is 0.927. The summed E-state index contributed by atoms with van der Waals surface area (Å²) in [6.45, 7) is 1.88. The number of amides is 1. The molecule has 22 heavy (non-hydrogen) atoms. The van der Waals surface area contributed by atoms with E-state index < -0.39 is 0 Å². The third-order valence-corrected chi connectivity index (χ3v) is 3.76. The van der Waals surface area contributed by atoms with Crippen LogP contribution in [0.2, 0.25) is 5.02 Å². The van der Waals surface area contributed by atoms with E-state index in [2.05, 4.69) is 5.32 Å². The Kier molecular flexibility index (Phi) is 4.93. The molecule has 0 aliphatic rings. The van der Waals surface area contributed by atoms with E-state index in [9.17, 15) is 4.79 Å². The Hall–Kier alpha value is -2.20. The molecule has 2 rings (SSSR count). The number of rotatable bonds is 4. The van der Waals surface area contributed by atoms with Crippen molar-refractivity contribution in [3.63, 3.8) is 0 Å². The summed E-state index contributed by atoms with van der Waals surface area (Å²) in [6, 6.07) is 10.9. The van der Waals surface area contributed by atoms with Crippen LogP contribution in [0.4, 0.5) is 11.4 Å². The van der Waals surface area contributed by atoms with E-state index in [0.717, 1.165) is 11.3 Å². The molecule has 0 aromatic heterocycles. The number of benzene rings is 2. The topological polar surface area (TPSA) is 41.6 Å². The molecule has 0 heterocycles. The molecular formula is C17H19ClN2O2. The first-order valence-electron chi connectivity index (χ1n) is 6.85. The number of anilines is 2. The van der Waals surface area contributed by atoms with Crippen LogP contribution >= 0.6 is 11.6 Å².